The Hall–Kier alpha value is -1.06. The first kappa shape index (κ1) is 15.3. The van der Waals surface area contributed by atoms with Crippen molar-refractivity contribution in [3.8, 4) is 0 Å². The molecule has 0 aromatic carbocycles. The maximum atomic E-state index is 12.2. The summed E-state index contributed by atoms with van der Waals surface area (Å²) in [6, 6.07) is -0.664. The Labute approximate surface area is 121 Å². The Bertz CT molecular complexity index is 374. The summed E-state index contributed by atoms with van der Waals surface area (Å²) in [6.07, 6.45) is 5.78. The molecule has 0 bridgehead atoms. The van der Waals surface area contributed by atoms with E-state index in [4.69, 9.17) is 5.11 Å². The number of carbonyl (C=O) groups is 2. The molecule has 2 aliphatic rings. The van der Waals surface area contributed by atoms with Gasteiger partial charge in [0.25, 0.3) is 0 Å². The van der Waals surface area contributed by atoms with E-state index in [2.05, 4.69) is 26.1 Å². The van der Waals surface area contributed by atoms with Crippen LogP contribution in [-0.4, -0.2) is 23.0 Å². The van der Waals surface area contributed by atoms with Crippen molar-refractivity contribution in [2.75, 3.05) is 0 Å². The molecule has 2 N–H and O–H groups in total. The highest BCUT2D eigenvalue weighted by Crippen LogP contribution is 2.40. The van der Waals surface area contributed by atoms with Crippen LogP contribution in [0.2, 0.25) is 0 Å². The van der Waals surface area contributed by atoms with Crippen LogP contribution in [0.3, 0.4) is 0 Å². The fraction of sp³-hybridized carbons (Fsp3) is 0.875. The first-order chi connectivity index (χ1) is 9.29. The highest BCUT2D eigenvalue weighted by atomic mass is 16.4. The lowest BCUT2D eigenvalue weighted by Gasteiger charge is -2.36. The van der Waals surface area contributed by atoms with Crippen LogP contribution in [0.1, 0.15) is 59.3 Å². The summed E-state index contributed by atoms with van der Waals surface area (Å²) in [7, 11) is 0. The Kier molecular flexibility index (Phi) is 4.40. The van der Waals surface area contributed by atoms with Gasteiger partial charge in [-0.05, 0) is 55.8 Å². The summed E-state index contributed by atoms with van der Waals surface area (Å²) in [5.41, 5.74) is 0.305. The van der Waals surface area contributed by atoms with Gasteiger partial charge < -0.3 is 10.4 Å². The van der Waals surface area contributed by atoms with Gasteiger partial charge in [-0.2, -0.15) is 0 Å². The molecule has 0 saturated heterocycles. The third kappa shape index (κ3) is 3.74. The Morgan fingerprint density at radius 3 is 2.00 bits per heavy atom. The van der Waals surface area contributed by atoms with Crippen molar-refractivity contribution in [3.05, 3.63) is 0 Å². The molecule has 0 radical (unpaired) electrons. The summed E-state index contributed by atoms with van der Waals surface area (Å²) in [4.78, 5) is 23.4. The third-order valence-corrected chi connectivity index (χ3v) is 4.98. The predicted octanol–water partition coefficient (Wildman–Crippen LogP) is 2.82. The Morgan fingerprint density at radius 2 is 1.60 bits per heavy atom. The first-order valence-corrected chi connectivity index (χ1v) is 7.82. The number of carbonyl (C=O) groups excluding carboxylic acids is 1. The molecule has 114 valence electrons. The predicted molar refractivity (Wildman–Crippen MR) is 77.2 cm³/mol. The number of hydrogen-bond donors (Lipinski definition) is 2. The molecule has 2 saturated carbocycles. The number of carboxylic acids is 1. The second kappa shape index (κ2) is 5.74. The largest absolute Gasteiger partial charge is 0.480 e. The minimum atomic E-state index is -0.885. The van der Waals surface area contributed by atoms with E-state index in [1.165, 1.54) is 0 Å². The van der Waals surface area contributed by atoms with Crippen LogP contribution < -0.4 is 5.32 Å². The van der Waals surface area contributed by atoms with Crippen molar-refractivity contribution in [1.29, 1.82) is 0 Å². The van der Waals surface area contributed by atoms with E-state index in [9.17, 15) is 9.59 Å². The van der Waals surface area contributed by atoms with Crippen LogP contribution in [0.15, 0.2) is 0 Å². The molecule has 1 unspecified atom stereocenters. The standard InChI is InChI=1S/C16H27NO3/c1-16(2,3)12-8-6-11(7-9-12)14(18)17-13(15(19)20)10-4-5-10/h10-13H,4-9H2,1-3H3,(H,17,18)(H,19,20). The molecule has 2 rings (SSSR count). The van der Waals surface area contributed by atoms with Crippen molar-refractivity contribution in [1.82, 2.24) is 5.32 Å². The highest BCUT2D eigenvalue weighted by molar-refractivity contribution is 5.85. The van der Waals surface area contributed by atoms with Gasteiger partial charge in [0.2, 0.25) is 5.91 Å². The molecule has 4 nitrogen and oxygen atoms in total. The molecule has 0 heterocycles. The zero-order chi connectivity index (χ0) is 14.9. The van der Waals surface area contributed by atoms with Gasteiger partial charge in [0, 0.05) is 5.92 Å². The minimum absolute atomic E-state index is 0.00852. The summed E-state index contributed by atoms with van der Waals surface area (Å²) >= 11 is 0. The molecule has 4 heteroatoms. The van der Waals surface area contributed by atoms with Gasteiger partial charge in [-0.3, -0.25) is 4.79 Å². The average Bonchev–Trinajstić information content (AvgIpc) is 3.18. The summed E-state index contributed by atoms with van der Waals surface area (Å²) in [6.45, 7) is 6.77. The maximum absolute atomic E-state index is 12.2. The lowest BCUT2D eigenvalue weighted by atomic mass is 9.69. The van der Waals surface area contributed by atoms with Crippen LogP contribution in [0.25, 0.3) is 0 Å². The number of aliphatic carboxylic acids is 1. The molecule has 20 heavy (non-hydrogen) atoms. The van der Waals surface area contributed by atoms with E-state index in [-0.39, 0.29) is 17.7 Å². The number of nitrogens with one attached hydrogen (secondary N) is 1. The maximum Gasteiger partial charge on any atom is 0.326 e. The van der Waals surface area contributed by atoms with Crippen molar-refractivity contribution >= 4 is 11.9 Å². The summed E-state index contributed by atoms with van der Waals surface area (Å²) < 4.78 is 0. The van der Waals surface area contributed by atoms with E-state index < -0.39 is 12.0 Å². The topological polar surface area (TPSA) is 66.4 Å². The van der Waals surface area contributed by atoms with Gasteiger partial charge in [0.1, 0.15) is 6.04 Å². The lowest BCUT2D eigenvalue weighted by Crippen LogP contribution is -2.46. The monoisotopic (exact) mass is 281 g/mol. The van der Waals surface area contributed by atoms with Gasteiger partial charge in [0.05, 0.1) is 0 Å². The Balaban J connectivity index is 1.84. The smallest absolute Gasteiger partial charge is 0.326 e. The fourth-order valence-electron chi connectivity index (χ4n) is 3.30. The van der Waals surface area contributed by atoms with E-state index >= 15 is 0 Å². The summed E-state index contributed by atoms with van der Waals surface area (Å²) in [5, 5.41) is 11.9. The average molecular weight is 281 g/mol. The van der Waals surface area contributed by atoms with Crippen molar-refractivity contribution < 1.29 is 14.7 Å². The quantitative estimate of drug-likeness (QED) is 0.832. The number of rotatable bonds is 4. The molecule has 1 atom stereocenters. The number of carboxylic acid groups (broad SMARTS) is 1. The van der Waals surface area contributed by atoms with Crippen LogP contribution in [-0.2, 0) is 9.59 Å². The van der Waals surface area contributed by atoms with Crippen molar-refractivity contribution in [2.45, 2.75) is 65.3 Å². The second-order valence-electron chi connectivity index (χ2n) is 7.58. The highest BCUT2D eigenvalue weighted by Gasteiger charge is 2.39. The van der Waals surface area contributed by atoms with Gasteiger partial charge in [-0.25, -0.2) is 4.79 Å². The molecule has 1 amide bonds. The zero-order valence-corrected chi connectivity index (χ0v) is 12.8. The van der Waals surface area contributed by atoms with E-state index in [1.54, 1.807) is 0 Å². The zero-order valence-electron chi connectivity index (χ0n) is 12.8. The van der Waals surface area contributed by atoms with Crippen molar-refractivity contribution in [2.24, 2.45) is 23.2 Å². The minimum Gasteiger partial charge on any atom is -0.480 e. The van der Waals surface area contributed by atoms with E-state index in [0.29, 0.717) is 11.3 Å². The molecule has 0 aromatic heterocycles. The molecule has 2 fully saturated rings. The second-order valence-corrected chi connectivity index (χ2v) is 7.58. The molecular formula is C16H27NO3. The molecule has 0 aliphatic heterocycles. The van der Waals surface area contributed by atoms with E-state index in [0.717, 1.165) is 38.5 Å². The number of amides is 1. The van der Waals surface area contributed by atoms with Crippen molar-refractivity contribution in [3.63, 3.8) is 0 Å². The van der Waals surface area contributed by atoms with Crippen LogP contribution in [0.5, 0.6) is 0 Å². The lowest BCUT2D eigenvalue weighted by molar-refractivity contribution is -0.143. The number of hydrogen-bond acceptors (Lipinski definition) is 2. The molecule has 2 aliphatic carbocycles. The SMILES string of the molecule is CC(C)(C)C1CCC(C(=O)NC(C(=O)O)C2CC2)CC1. The normalized spacial score (nSPS) is 28.8. The fourth-order valence-corrected chi connectivity index (χ4v) is 3.30. The summed E-state index contributed by atoms with van der Waals surface area (Å²) in [5.74, 6) is -0.0947. The van der Waals surface area contributed by atoms with E-state index in [1.807, 2.05) is 0 Å². The van der Waals surface area contributed by atoms with Gasteiger partial charge in [-0.1, -0.05) is 20.8 Å². The Morgan fingerprint density at radius 1 is 1.05 bits per heavy atom. The first-order valence-electron chi connectivity index (χ1n) is 7.82. The van der Waals surface area contributed by atoms with Crippen LogP contribution >= 0.6 is 0 Å². The van der Waals surface area contributed by atoms with Gasteiger partial charge >= 0.3 is 5.97 Å². The van der Waals surface area contributed by atoms with Crippen LogP contribution in [0, 0.1) is 23.2 Å². The van der Waals surface area contributed by atoms with Gasteiger partial charge in [-0.15, -0.1) is 0 Å². The van der Waals surface area contributed by atoms with Gasteiger partial charge in [0.15, 0.2) is 0 Å². The molecular weight excluding hydrogens is 254 g/mol. The van der Waals surface area contributed by atoms with Crippen LogP contribution in [0.4, 0.5) is 0 Å². The molecule has 0 spiro atoms. The third-order valence-electron chi connectivity index (χ3n) is 4.98. The molecule has 0 aromatic rings.